The van der Waals surface area contributed by atoms with E-state index in [4.69, 9.17) is 4.74 Å². The monoisotopic (exact) mass is 253 g/mol. The molecule has 0 amide bonds. The Morgan fingerprint density at radius 1 is 1.17 bits per heavy atom. The lowest BCUT2D eigenvalue weighted by Crippen LogP contribution is -2.62. The number of rotatable bonds is 7. The van der Waals surface area contributed by atoms with Gasteiger partial charge in [-0.3, -0.25) is 4.90 Å². The van der Waals surface area contributed by atoms with Gasteiger partial charge in [0.1, 0.15) is 0 Å². The quantitative estimate of drug-likeness (QED) is 0.636. The van der Waals surface area contributed by atoms with Crippen LogP contribution in [0.15, 0.2) is 0 Å². The summed E-state index contributed by atoms with van der Waals surface area (Å²) in [4.78, 5) is 2.79. The van der Waals surface area contributed by atoms with Gasteiger partial charge in [-0.1, -0.05) is 39.0 Å². The number of likely N-dealkylation sites (tertiary alicyclic amines) is 1. The van der Waals surface area contributed by atoms with Crippen LogP contribution in [0.5, 0.6) is 0 Å². The molecular weight excluding hydrogens is 222 g/mol. The molecule has 2 heteroatoms. The van der Waals surface area contributed by atoms with Gasteiger partial charge in [0.15, 0.2) is 0 Å². The summed E-state index contributed by atoms with van der Waals surface area (Å²) >= 11 is 0. The van der Waals surface area contributed by atoms with Crippen LogP contribution in [-0.4, -0.2) is 35.7 Å². The van der Waals surface area contributed by atoms with Crippen LogP contribution in [0.4, 0.5) is 0 Å². The summed E-state index contributed by atoms with van der Waals surface area (Å²) in [6.45, 7) is 8.97. The number of hydrogen-bond acceptors (Lipinski definition) is 2. The van der Waals surface area contributed by atoms with Gasteiger partial charge in [0.2, 0.25) is 0 Å². The lowest BCUT2D eigenvalue weighted by Gasteiger charge is -2.49. The molecule has 2 aliphatic heterocycles. The molecule has 2 nitrogen and oxygen atoms in total. The highest BCUT2D eigenvalue weighted by Gasteiger charge is 2.51. The van der Waals surface area contributed by atoms with Crippen molar-refractivity contribution in [3.63, 3.8) is 0 Å². The highest BCUT2D eigenvalue weighted by Crippen LogP contribution is 2.42. The minimum absolute atomic E-state index is 0.433. The van der Waals surface area contributed by atoms with Gasteiger partial charge in [-0.05, 0) is 33.1 Å². The van der Waals surface area contributed by atoms with E-state index in [0.717, 1.165) is 19.3 Å². The first-order valence-corrected chi connectivity index (χ1v) is 8.06. The molecular formula is C16H31NO. The zero-order valence-electron chi connectivity index (χ0n) is 12.6. The Hall–Kier alpha value is -0.0800. The molecule has 0 radical (unpaired) electrons. The second-order valence-corrected chi connectivity index (χ2v) is 6.61. The summed E-state index contributed by atoms with van der Waals surface area (Å²) in [5.41, 5.74) is 0.433. The fourth-order valence-electron chi connectivity index (χ4n) is 3.96. The van der Waals surface area contributed by atoms with Gasteiger partial charge < -0.3 is 4.74 Å². The van der Waals surface area contributed by atoms with Crippen molar-refractivity contribution < 1.29 is 4.74 Å². The third-order valence-electron chi connectivity index (χ3n) is 4.82. The molecule has 0 saturated carbocycles. The molecule has 2 fully saturated rings. The van der Waals surface area contributed by atoms with Crippen LogP contribution in [0.3, 0.4) is 0 Å². The van der Waals surface area contributed by atoms with E-state index >= 15 is 0 Å². The first-order valence-electron chi connectivity index (χ1n) is 8.06. The van der Waals surface area contributed by atoms with Crippen LogP contribution < -0.4 is 0 Å². The second kappa shape index (κ2) is 6.38. The van der Waals surface area contributed by atoms with E-state index < -0.39 is 0 Å². The molecule has 0 aromatic rings. The Bertz CT molecular complexity index is 247. The summed E-state index contributed by atoms with van der Waals surface area (Å²) in [5, 5.41) is 0. The summed E-state index contributed by atoms with van der Waals surface area (Å²) in [6, 6.07) is 1.51. The minimum atomic E-state index is 0.433. The molecule has 0 N–H and O–H groups in total. The first-order chi connectivity index (χ1) is 8.69. The van der Waals surface area contributed by atoms with Gasteiger partial charge in [0.25, 0.3) is 0 Å². The Labute approximate surface area is 113 Å². The fourth-order valence-corrected chi connectivity index (χ4v) is 3.96. The average Bonchev–Trinajstić information content (AvgIpc) is 2.68. The smallest absolute Gasteiger partial charge is 0.0683 e. The van der Waals surface area contributed by atoms with Crippen molar-refractivity contribution in [2.75, 3.05) is 13.2 Å². The maximum Gasteiger partial charge on any atom is 0.0683 e. The maximum atomic E-state index is 5.50. The standard InChI is InChI=1S/C16H31NO/c1-4-5-6-7-8-9-15-10-11-16(12-18-13-16)17(15)14(2)3/h14-15H,4-13H2,1-3H3. The van der Waals surface area contributed by atoms with Crippen LogP contribution in [-0.2, 0) is 4.74 Å². The first kappa shape index (κ1) is 14.3. The predicted octanol–water partition coefficient (Wildman–Crippen LogP) is 3.99. The minimum Gasteiger partial charge on any atom is -0.377 e. The molecule has 2 aliphatic rings. The van der Waals surface area contributed by atoms with Crippen molar-refractivity contribution >= 4 is 0 Å². The molecule has 2 saturated heterocycles. The highest BCUT2D eigenvalue weighted by molar-refractivity contribution is 5.05. The molecule has 1 spiro atoms. The van der Waals surface area contributed by atoms with Crippen LogP contribution in [0.25, 0.3) is 0 Å². The molecule has 0 bridgehead atoms. The molecule has 0 aromatic carbocycles. The number of ether oxygens (including phenoxy) is 1. The molecule has 1 atom stereocenters. The Balaban J connectivity index is 1.77. The van der Waals surface area contributed by atoms with Crippen LogP contribution >= 0.6 is 0 Å². The van der Waals surface area contributed by atoms with Crippen LogP contribution in [0.1, 0.15) is 72.1 Å². The lowest BCUT2D eigenvalue weighted by molar-refractivity contribution is -0.141. The molecule has 0 aromatic heterocycles. The zero-order valence-corrected chi connectivity index (χ0v) is 12.6. The fraction of sp³-hybridized carbons (Fsp3) is 1.00. The van der Waals surface area contributed by atoms with Crippen molar-refractivity contribution in [3.05, 3.63) is 0 Å². The van der Waals surface area contributed by atoms with E-state index in [-0.39, 0.29) is 0 Å². The van der Waals surface area contributed by atoms with Gasteiger partial charge in [-0.2, -0.15) is 0 Å². The van der Waals surface area contributed by atoms with Crippen LogP contribution in [0, 0.1) is 0 Å². The molecule has 2 rings (SSSR count). The van der Waals surface area contributed by atoms with Crippen molar-refractivity contribution in [1.29, 1.82) is 0 Å². The van der Waals surface area contributed by atoms with E-state index in [2.05, 4.69) is 25.7 Å². The molecule has 2 heterocycles. The molecule has 1 unspecified atom stereocenters. The lowest BCUT2D eigenvalue weighted by atomic mass is 9.93. The summed E-state index contributed by atoms with van der Waals surface area (Å²) in [7, 11) is 0. The van der Waals surface area contributed by atoms with Crippen molar-refractivity contribution in [2.24, 2.45) is 0 Å². The summed E-state index contributed by atoms with van der Waals surface area (Å²) < 4.78 is 5.50. The zero-order chi connectivity index (χ0) is 13.0. The maximum absolute atomic E-state index is 5.50. The number of hydrogen-bond donors (Lipinski definition) is 0. The van der Waals surface area contributed by atoms with Gasteiger partial charge in [0.05, 0.1) is 18.8 Å². The Morgan fingerprint density at radius 3 is 2.44 bits per heavy atom. The van der Waals surface area contributed by atoms with E-state index in [0.29, 0.717) is 11.6 Å². The van der Waals surface area contributed by atoms with Crippen LogP contribution in [0.2, 0.25) is 0 Å². The van der Waals surface area contributed by atoms with Gasteiger partial charge in [0, 0.05) is 12.1 Å². The average molecular weight is 253 g/mol. The third kappa shape index (κ3) is 2.91. The number of nitrogens with zero attached hydrogens (tertiary/aromatic N) is 1. The van der Waals surface area contributed by atoms with E-state index in [1.54, 1.807) is 0 Å². The summed E-state index contributed by atoms with van der Waals surface area (Å²) in [6.07, 6.45) is 11.2. The van der Waals surface area contributed by atoms with Gasteiger partial charge in [-0.25, -0.2) is 0 Å². The van der Waals surface area contributed by atoms with E-state index in [9.17, 15) is 0 Å². The Morgan fingerprint density at radius 2 is 1.89 bits per heavy atom. The van der Waals surface area contributed by atoms with Gasteiger partial charge in [-0.15, -0.1) is 0 Å². The normalized spacial score (nSPS) is 27.0. The van der Waals surface area contributed by atoms with Crippen molar-refractivity contribution in [2.45, 2.75) is 89.8 Å². The molecule has 18 heavy (non-hydrogen) atoms. The SMILES string of the molecule is CCCCCCCC1CCC2(COC2)N1C(C)C. The van der Waals surface area contributed by atoms with E-state index in [1.165, 1.54) is 51.4 Å². The second-order valence-electron chi connectivity index (χ2n) is 6.61. The van der Waals surface area contributed by atoms with Gasteiger partial charge >= 0.3 is 0 Å². The Kier molecular flexibility index (Phi) is 5.08. The highest BCUT2D eigenvalue weighted by atomic mass is 16.5. The topological polar surface area (TPSA) is 12.5 Å². The molecule has 106 valence electrons. The summed E-state index contributed by atoms with van der Waals surface area (Å²) in [5.74, 6) is 0. The molecule has 0 aliphatic carbocycles. The number of unbranched alkanes of at least 4 members (excludes halogenated alkanes) is 4. The van der Waals surface area contributed by atoms with E-state index in [1.807, 2.05) is 0 Å². The third-order valence-corrected chi connectivity index (χ3v) is 4.82. The predicted molar refractivity (Wildman–Crippen MR) is 76.9 cm³/mol. The van der Waals surface area contributed by atoms with Crippen molar-refractivity contribution in [3.8, 4) is 0 Å². The largest absolute Gasteiger partial charge is 0.377 e. The van der Waals surface area contributed by atoms with Crippen molar-refractivity contribution in [1.82, 2.24) is 4.90 Å².